The normalized spacial score (nSPS) is 19.7. The van der Waals surface area contributed by atoms with Gasteiger partial charge in [-0.25, -0.2) is 0 Å². The molecule has 3 aromatic rings. The van der Waals surface area contributed by atoms with Crippen molar-refractivity contribution in [1.29, 1.82) is 0 Å². The first kappa shape index (κ1) is 19.4. The Labute approximate surface area is 178 Å². The molecule has 0 radical (unpaired) electrons. The van der Waals surface area contributed by atoms with Crippen LogP contribution < -0.4 is 10.9 Å². The molecular weight excluding hydrogens is 370 g/mol. The molecule has 1 aliphatic carbocycles. The molecule has 5 rings (SSSR count). The Morgan fingerprint density at radius 1 is 1.07 bits per heavy atom. The molecule has 0 bridgehead atoms. The van der Waals surface area contributed by atoms with Gasteiger partial charge in [-0.3, -0.25) is 4.79 Å². The van der Waals surface area contributed by atoms with E-state index in [1.807, 2.05) is 20.2 Å². The van der Waals surface area contributed by atoms with Crippen LogP contribution in [0.5, 0.6) is 0 Å². The van der Waals surface area contributed by atoms with E-state index in [1.54, 1.807) is 4.57 Å². The van der Waals surface area contributed by atoms with Crippen LogP contribution in [0.2, 0.25) is 0 Å². The summed E-state index contributed by atoms with van der Waals surface area (Å²) in [5.74, 6) is 0.971. The lowest BCUT2D eigenvalue weighted by molar-refractivity contribution is 0.460. The minimum absolute atomic E-state index is 0.102. The van der Waals surface area contributed by atoms with Crippen LogP contribution in [-0.2, 0) is 13.5 Å². The van der Waals surface area contributed by atoms with Gasteiger partial charge in [-0.2, -0.15) is 0 Å². The highest BCUT2D eigenvalue weighted by molar-refractivity contribution is 5.92. The Bertz CT molecular complexity index is 1220. The van der Waals surface area contributed by atoms with E-state index < -0.39 is 0 Å². The number of fused-ring (bicyclic) bond motifs is 3. The second-order valence-electron chi connectivity index (χ2n) is 9.24. The summed E-state index contributed by atoms with van der Waals surface area (Å²) in [6.07, 6.45) is 7.80. The van der Waals surface area contributed by atoms with Crippen molar-refractivity contribution in [2.45, 2.75) is 51.9 Å². The summed E-state index contributed by atoms with van der Waals surface area (Å²) in [7, 11) is 1.86. The van der Waals surface area contributed by atoms with E-state index >= 15 is 0 Å². The number of H-pyrrole nitrogens is 1. The number of aromatic amines is 1. The minimum atomic E-state index is 0.102. The van der Waals surface area contributed by atoms with Gasteiger partial charge >= 0.3 is 0 Å². The van der Waals surface area contributed by atoms with Gasteiger partial charge in [0.25, 0.3) is 5.56 Å². The molecule has 4 heteroatoms. The Balaban J connectivity index is 1.56. The quantitative estimate of drug-likeness (QED) is 0.654. The number of aryl methyl sites for hydroxylation is 1. The van der Waals surface area contributed by atoms with Crippen molar-refractivity contribution in [2.24, 2.45) is 7.05 Å². The number of nitrogens with zero attached hydrogens (tertiary/aromatic N) is 1. The van der Waals surface area contributed by atoms with Crippen LogP contribution in [-0.4, -0.2) is 22.6 Å². The van der Waals surface area contributed by atoms with Gasteiger partial charge in [0.15, 0.2) is 0 Å². The first-order chi connectivity index (χ1) is 14.4. The van der Waals surface area contributed by atoms with Crippen LogP contribution >= 0.6 is 0 Å². The number of piperidine rings is 1. The number of pyridine rings is 1. The fourth-order valence-electron chi connectivity index (χ4n) is 5.43. The maximum Gasteiger partial charge on any atom is 0.253 e. The SMILES string of the molecule is CC1=Cc2c([nH]c3ccc(C4CCNCC4)cc23)CC1c1cn(C)c(=O)c(C)c1C. The van der Waals surface area contributed by atoms with Crippen molar-refractivity contribution >= 4 is 17.0 Å². The van der Waals surface area contributed by atoms with Gasteiger partial charge in [-0.15, -0.1) is 0 Å². The summed E-state index contributed by atoms with van der Waals surface area (Å²) < 4.78 is 1.73. The topological polar surface area (TPSA) is 49.8 Å². The maximum absolute atomic E-state index is 12.3. The highest BCUT2D eigenvalue weighted by atomic mass is 16.1. The number of benzene rings is 1. The van der Waals surface area contributed by atoms with Crippen LogP contribution in [0.1, 0.15) is 65.1 Å². The lowest BCUT2D eigenvalue weighted by Crippen LogP contribution is -2.26. The van der Waals surface area contributed by atoms with Crippen molar-refractivity contribution in [3.63, 3.8) is 0 Å². The molecule has 1 aromatic carbocycles. The third kappa shape index (κ3) is 3.05. The number of nitrogens with one attached hydrogen (secondary N) is 2. The Hall–Kier alpha value is -2.59. The van der Waals surface area contributed by atoms with Gasteiger partial charge in [0, 0.05) is 46.9 Å². The summed E-state index contributed by atoms with van der Waals surface area (Å²) in [6, 6.07) is 7.01. The molecule has 3 heterocycles. The molecule has 1 unspecified atom stereocenters. The molecule has 1 aliphatic heterocycles. The zero-order valence-corrected chi connectivity index (χ0v) is 18.4. The molecular formula is C26H31N3O. The molecule has 0 saturated carbocycles. The van der Waals surface area contributed by atoms with E-state index in [9.17, 15) is 4.79 Å². The molecule has 30 heavy (non-hydrogen) atoms. The van der Waals surface area contributed by atoms with Crippen molar-refractivity contribution in [1.82, 2.24) is 14.9 Å². The summed E-state index contributed by atoms with van der Waals surface area (Å²) in [5.41, 5.74) is 10.1. The average Bonchev–Trinajstić information content (AvgIpc) is 3.11. The maximum atomic E-state index is 12.3. The van der Waals surface area contributed by atoms with Crippen molar-refractivity contribution in [2.75, 3.05) is 13.1 Å². The molecule has 0 amide bonds. The van der Waals surface area contributed by atoms with E-state index in [0.29, 0.717) is 11.8 Å². The molecule has 4 nitrogen and oxygen atoms in total. The van der Waals surface area contributed by atoms with E-state index in [0.717, 1.165) is 30.6 Å². The van der Waals surface area contributed by atoms with E-state index in [1.165, 1.54) is 51.7 Å². The average molecular weight is 402 g/mol. The number of rotatable bonds is 2. The van der Waals surface area contributed by atoms with Gasteiger partial charge in [0.2, 0.25) is 0 Å². The second-order valence-corrected chi connectivity index (χ2v) is 9.24. The first-order valence-corrected chi connectivity index (χ1v) is 11.1. The fraction of sp³-hybridized carbons (Fsp3) is 0.423. The second kappa shape index (κ2) is 7.28. The highest BCUT2D eigenvalue weighted by Crippen LogP contribution is 2.40. The van der Waals surface area contributed by atoms with Gasteiger partial charge in [0.05, 0.1) is 0 Å². The zero-order chi connectivity index (χ0) is 21.0. The van der Waals surface area contributed by atoms with Crippen molar-refractivity contribution < 1.29 is 0 Å². The van der Waals surface area contributed by atoms with Crippen LogP contribution in [0.15, 0.2) is 34.8 Å². The summed E-state index contributed by atoms with van der Waals surface area (Å²) in [5, 5.41) is 4.83. The van der Waals surface area contributed by atoms with Crippen LogP contribution in [0, 0.1) is 13.8 Å². The third-order valence-corrected chi connectivity index (χ3v) is 7.43. The molecule has 1 atom stereocenters. The summed E-state index contributed by atoms with van der Waals surface area (Å²) >= 11 is 0. The Morgan fingerprint density at radius 3 is 2.60 bits per heavy atom. The highest BCUT2D eigenvalue weighted by Gasteiger charge is 2.26. The molecule has 0 spiro atoms. The standard InChI is InChI=1S/C26H31N3O/c1-15-11-21-22-12-19(18-7-9-27-10-8-18)5-6-24(22)28-25(21)13-20(15)23-14-29(4)26(30)17(3)16(23)2/h5-6,11-12,14,18,20,27-28H,7-10,13H2,1-4H3. The van der Waals surface area contributed by atoms with Gasteiger partial charge in [-0.05, 0) is 87.9 Å². The van der Waals surface area contributed by atoms with Crippen LogP contribution in [0.3, 0.4) is 0 Å². The molecule has 2 N–H and O–H groups in total. The van der Waals surface area contributed by atoms with Gasteiger partial charge in [-0.1, -0.05) is 17.7 Å². The van der Waals surface area contributed by atoms with Crippen molar-refractivity contribution in [3.05, 3.63) is 73.8 Å². The van der Waals surface area contributed by atoms with Gasteiger partial charge in [0.1, 0.15) is 0 Å². The number of aromatic nitrogens is 2. The van der Waals surface area contributed by atoms with E-state index in [-0.39, 0.29) is 5.56 Å². The van der Waals surface area contributed by atoms with E-state index in [4.69, 9.17) is 0 Å². The van der Waals surface area contributed by atoms with E-state index in [2.05, 4.69) is 48.4 Å². The molecule has 2 aromatic heterocycles. The number of allylic oxidation sites excluding steroid dienone is 1. The van der Waals surface area contributed by atoms with Crippen molar-refractivity contribution in [3.8, 4) is 0 Å². The molecule has 156 valence electrons. The third-order valence-electron chi connectivity index (χ3n) is 7.43. The largest absolute Gasteiger partial charge is 0.358 e. The Kier molecular flexibility index (Phi) is 4.70. The summed E-state index contributed by atoms with van der Waals surface area (Å²) in [4.78, 5) is 16.0. The zero-order valence-electron chi connectivity index (χ0n) is 18.4. The predicted octanol–water partition coefficient (Wildman–Crippen LogP) is 4.69. The number of hydrogen-bond donors (Lipinski definition) is 2. The smallest absolute Gasteiger partial charge is 0.253 e. The predicted molar refractivity (Wildman–Crippen MR) is 124 cm³/mol. The molecule has 1 fully saturated rings. The van der Waals surface area contributed by atoms with Crippen LogP contribution in [0.25, 0.3) is 17.0 Å². The van der Waals surface area contributed by atoms with Crippen LogP contribution in [0.4, 0.5) is 0 Å². The Morgan fingerprint density at radius 2 is 1.83 bits per heavy atom. The van der Waals surface area contributed by atoms with Gasteiger partial charge < -0.3 is 14.9 Å². The summed E-state index contributed by atoms with van der Waals surface area (Å²) in [6.45, 7) is 8.51. The lowest BCUT2D eigenvalue weighted by Gasteiger charge is -2.25. The fourth-order valence-corrected chi connectivity index (χ4v) is 5.43. The monoisotopic (exact) mass is 401 g/mol. The lowest BCUT2D eigenvalue weighted by atomic mass is 9.80. The first-order valence-electron chi connectivity index (χ1n) is 11.1. The molecule has 1 saturated heterocycles. The molecule has 2 aliphatic rings. The minimum Gasteiger partial charge on any atom is -0.358 e. The number of hydrogen-bond acceptors (Lipinski definition) is 2.